The largest absolute Gasteiger partial charge is 0.447 e. The number of hydrogen-bond donors (Lipinski definition) is 2. The SMILES string of the molecule is CC[C@@H](NC(=O)c1cc(C(=O)NCc2cnco2)c2n1CCCC2)c1ccccc1. The standard InChI is InChI=1S/C23H26N4O3/c1-2-19(16-8-4-3-5-9-16)26-23(29)21-12-18(20-10-6-7-11-27(20)21)22(28)25-14-17-13-24-15-30-17/h3-5,8-9,12-13,15,19H,2,6-7,10-11,14H2,1H3,(H,25,28)(H,26,29)/t19-/m1/s1. The molecular formula is C23H26N4O3. The zero-order valence-electron chi connectivity index (χ0n) is 17.1. The average molecular weight is 406 g/mol. The molecule has 0 radical (unpaired) electrons. The van der Waals surface area contributed by atoms with Gasteiger partial charge in [0.05, 0.1) is 24.3 Å². The minimum atomic E-state index is -0.203. The third-order valence-electron chi connectivity index (χ3n) is 5.55. The lowest BCUT2D eigenvalue weighted by Gasteiger charge is -2.21. The molecular weight excluding hydrogens is 380 g/mol. The van der Waals surface area contributed by atoms with Crippen LogP contribution >= 0.6 is 0 Å². The Labute approximate surface area is 175 Å². The molecule has 1 atom stereocenters. The third kappa shape index (κ3) is 4.15. The van der Waals surface area contributed by atoms with Gasteiger partial charge < -0.3 is 19.6 Å². The summed E-state index contributed by atoms with van der Waals surface area (Å²) in [7, 11) is 0. The van der Waals surface area contributed by atoms with Crippen LogP contribution in [0.15, 0.2) is 53.4 Å². The Morgan fingerprint density at radius 3 is 2.77 bits per heavy atom. The summed E-state index contributed by atoms with van der Waals surface area (Å²) in [5, 5.41) is 6.01. The summed E-state index contributed by atoms with van der Waals surface area (Å²) in [4.78, 5) is 29.8. The number of carbonyl (C=O) groups is 2. The van der Waals surface area contributed by atoms with E-state index in [4.69, 9.17) is 4.42 Å². The molecule has 2 N–H and O–H groups in total. The van der Waals surface area contributed by atoms with Crippen molar-refractivity contribution >= 4 is 11.8 Å². The first-order chi connectivity index (χ1) is 14.7. The number of oxazole rings is 1. The molecule has 1 aliphatic rings. The number of hydrogen-bond acceptors (Lipinski definition) is 4. The maximum absolute atomic E-state index is 13.2. The zero-order valence-corrected chi connectivity index (χ0v) is 17.1. The first kappa shape index (κ1) is 19.9. The topological polar surface area (TPSA) is 89.2 Å². The minimum absolute atomic E-state index is 0.0721. The van der Waals surface area contributed by atoms with E-state index in [1.807, 2.05) is 41.8 Å². The van der Waals surface area contributed by atoms with Gasteiger partial charge in [-0.1, -0.05) is 37.3 Å². The molecule has 0 saturated carbocycles. The van der Waals surface area contributed by atoms with Crippen molar-refractivity contribution < 1.29 is 14.0 Å². The number of carbonyl (C=O) groups excluding carboxylic acids is 2. The predicted molar refractivity (Wildman–Crippen MR) is 112 cm³/mol. The number of nitrogens with one attached hydrogen (secondary N) is 2. The Hall–Kier alpha value is -3.35. The molecule has 0 aliphatic carbocycles. The molecule has 30 heavy (non-hydrogen) atoms. The number of amides is 2. The predicted octanol–water partition coefficient (Wildman–Crippen LogP) is 3.62. The Morgan fingerprint density at radius 1 is 1.20 bits per heavy atom. The van der Waals surface area contributed by atoms with E-state index in [0.29, 0.717) is 17.0 Å². The average Bonchev–Trinajstić information content (AvgIpc) is 3.44. The molecule has 1 aromatic carbocycles. The molecule has 156 valence electrons. The van der Waals surface area contributed by atoms with Crippen LogP contribution in [0.5, 0.6) is 0 Å². The van der Waals surface area contributed by atoms with Crippen LogP contribution < -0.4 is 10.6 Å². The second-order valence-corrected chi connectivity index (χ2v) is 7.49. The van der Waals surface area contributed by atoms with Gasteiger partial charge >= 0.3 is 0 Å². The molecule has 0 bridgehead atoms. The number of benzene rings is 1. The molecule has 0 spiro atoms. The summed E-state index contributed by atoms with van der Waals surface area (Å²) >= 11 is 0. The second kappa shape index (κ2) is 8.98. The van der Waals surface area contributed by atoms with Crippen molar-refractivity contribution in [1.82, 2.24) is 20.2 Å². The first-order valence-electron chi connectivity index (χ1n) is 10.4. The van der Waals surface area contributed by atoms with Gasteiger partial charge in [0.15, 0.2) is 6.39 Å². The van der Waals surface area contributed by atoms with Crippen LogP contribution in [-0.4, -0.2) is 21.4 Å². The van der Waals surface area contributed by atoms with Crippen molar-refractivity contribution in [3.63, 3.8) is 0 Å². The Bertz CT molecular complexity index is 1010. The van der Waals surface area contributed by atoms with E-state index in [-0.39, 0.29) is 24.4 Å². The van der Waals surface area contributed by atoms with E-state index in [1.165, 1.54) is 6.39 Å². The lowest BCUT2D eigenvalue weighted by molar-refractivity contribution is 0.0923. The third-order valence-corrected chi connectivity index (χ3v) is 5.55. The van der Waals surface area contributed by atoms with Crippen molar-refractivity contribution in [2.75, 3.05) is 0 Å². The Kier molecular flexibility index (Phi) is 5.97. The number of aromatic nitrogens is 2. The molecule has 2 amide bonds. The quantitative estimate of drug-likeness (QED) is 0.627. The molecule has 1 aliphatic heterocycles. The van der Waals surface area contributed by atoms with Crippen LogP contribution in [0.1, 0.15) is 70.1 Å². The highest BCUT2D eigenvalue weighted by atomic mass is 16.3. The molecule has 3 aromatic rings. The van der Waals surface area contributed by atoms with E-state index < -0.39 is 0 Å². The molecule has 3 heterocycles. The Balaban J connectivity index is 1.55. The van der Waals surface area contributed by atoms with Gasteiger partial charge in [0.2, 0.25) is 0 Å². The van der Waals surface area contributed by atoms with Gasteiger partial charge in [0.1, 0.15) is 11.5 Å². The minimum Gasteiger partial charge on any atom is -0.447 e. The molecule has 0 fully saturated rings. The smallest absolute Gasteiger partial charge is 0.268 e. The van der Waals surface area contributed by atoms with E-state index in [2.05, 4.69) is 15.6 Å². The van der Waals surface area contributed by atoms with Crippen LogP contribution in [0, 0.1) is 0 Å². The zero-order chi connectivity index (χ0) is 20.9. The van der Waals surface area contributed by atoms with Gasteiger partial charge in [-0.25, -0.2) is 4.98 Å². The Morgan fingerprint density at radius 2 is 2.03 bits per heavy atom. The van der Waals surface area contributed by atoms with Crippen LogP contribution in [0.3, 0.4) is 0 Å². The van der Waals surface area contributed by atoms with Gasteiger partial charge in [0.25, 0.3) is 11.8 Å². The van der Waals surface area contributed by atoms with Gasteiger partial charge in [-0.3, -0.25) is 9.59 Å². The second-order valence-electron chi connectivity index (χ2n) is 7.49. The fourth-order valence-electron chi connectivity index (χ4n) is 3.99. The van der Waals surface area contributed by atoms with Gasteiger partial charge in [-0.15, -0.1) is 0 Å². The lowest BCUT2D eigenvalue weighted by atomic mass is 10.0. The van der Waals surface area contributed by atoms with Crippen molar-refractivity contribution in [3.05, 3.63) is 77.3 Å². The summed E-state index contributed by atoms with van der Waals surface area (Å²) in [5.41, 5.74) is 3.11. The maximum atomic E-state index is 13.2. The van der Waals surface area contributed by atoms with E-state index in [9.17, 15) is 9.59 Å². The molecule has 7 nitrogen and oxygen atoms in total. The highest BCUT2D eigenvalue weighted by molar-refractivity contribution is 6.00. The fourth-order valence-corrected chi connectivity index (χ4v) is 3.99. The van der Waals surface area contributed by atoms with Crippen LogP contribution in [0.2, 0.25) is 0 Å². The number of rotatable bonds is 7. The van der Waals surface area contributed by atoms with Crippen molar-refractivity contribution in [3.8, 4) is 0 Å². The lowest BCUT2D eigenvalue weighted by Crippen LogP contribution is -2.30. The first-order valence-corrected chi connectivity index (χ1v) is 10.4. The fraction of sp³-hybridized carbons (Fsp3) is 0.348. The molecule has 7 heteroatoms. The highest BCUT2D eigenvalue weighted by Crippen LogP contribution is 2.25. The van der Waals surface area contributed by atoms with Crippen molar-refractivity contribution in [2.24, 2.45) is 0 Å². The summed E-state index contributed by atoms with van der Waals surface area (Å²) in [6, 6.07) is 11.6. The monoisotopic (exact) mass is 406 g/mol. The number of nitrogens with zero attached hydrogens (tertiary/aromatic N) is 2. The van der Waals surface area contributed by atoms with Crippen molar-refractivity contribution in [1.29, 1.82) is 0 Å². The molecule has 4 rings (SSSR count). The van der Waals surface area contributed by atoms with E-state index in [0.717, 1.165) is 43.5 Å². The molecule has 0 saturated heterocycles. The summed E-state index contributed by atoms with van der Waals surface area (Å²) in [5.74, 6) is 0.234. The van der Waals surface area contributed by atoms with E-state index >= 15 is 0 Å². The van der Waals surface area contributed by atoms with Gasteiger partial charge in [0, 0.05) is 12.2 Å². The van der Waals surface area contributed by atoms with Crippen LogP contribution in [0.25, 0.3) is 0 Å². The maximum Gasteiger partial charge on any atom is 0.268 e. The van der Waals surface area contributed by atoms with Crippen LogP contribution in [0.4, 0.5) is 0 Å². The van der Waals surface area contributed by atoms with Gasteiger partial charge in [-0.05, 0) is 37.3 Å². The van der Waals surface area contributed by atoms with Gasteiger partial charge in [-0.2, -0.15) is 0 Å². The summed E-state index contributed by atoms with van der Waals surface area (Å²) in [6.07, 6.45) is 6.48. The molecule has 2 aromatic heterocycles. The van der Waals surface area contributed by atoms with E-state index in [1.54, 1.807) is 12.3 Å². The summed E-state index contributed by atoms with van der Waals surface area (Å²) < 4.78 is 7.18. The molecule has 0 unspecified atom stereocenters. The summed E-state index contributed by atoms with van der Waals surface area (Å²) in [6.45, 7) is 3.06. The van der Waals surface area contributed by atoms with Crippen molar-refractivity contribution in [2.45, 2.75) is 51.7 Å². The normalized spacial score (nSPS) is 14.0. The number of fused-ring (bicyclic) bond motifs is 1. The highest BCUT2D eigenvalue weighted by Gasteiger charge is 2.26. The van der Waals surface area contributed by atoms with Crippen LogP contribution in [-0.2, 0) is 19.5 Å².